The second-order valence-corrected chi connectivity index (χ2v) is 5.94. The highest BCUT2D eigenvalue weighted by molar-refractivity contribution is 5.91. The van der Waals surface area contributed by atoms with Gasteiger partial charge in [-0.3, -0.25) is 4.79 Å². The summed E-state index contributed by atoms with van der Waals surface area (Å²) in [5.74, 6) is 0.00298. The monoisotopic (exact) mass is 350 g/mol. The Morgan fingerprint density at radius 3 is 2.50 bits per heavy atom. The zero-order chi connectivity index (χ0) is 18.4. The van der Waals surface area contributed by atoms with Gasteiger partial charge in [-0.15, -0.1) is 0 Å². The van der Waals surface area contributed by atoms with E-state index in [0.717, 1.165) is 16.7 Å². The molecule has 2 aromatic carbocycles. The van der Waals surface area contributed by atoms with Crippen LogP contribution in [0, 0.1) is 12.7 Å². The third kappa shape index (κ3) is 4.86. The molecule has 0 aliphatic carbocycles. The number of aromatic nitrogens is 2. The zero-order valence-corrected chi connectivity index (χ0v) is 14.4. The summed E-state index contributed by atoms with van der Waals surface area (Å²) in [5, 5.41) is 5.91. The van der Waals surface area contributed by atoms with Gasteiger partial charge < -0.3 is 10.6 Å². The number of nitrogens with zero attached hydrogens (tertiary/aromatic N) is 2. The number of benzene rings is 2. The molecule has 6 heteroatoms. The molecule has 2 N–H and O–H groups in total. The van der Waals surface area contributed by atoms with Gasteiger partial charge in [0.2, 0.25) is 0 Å². The van der Waals surface area contributed by atoms with Crippen molar-refractivity contribution < 1.29 is 9.18 Å². The molecule has 1 aromatic heterocycles. The van der Waals surface area contributed by atoms with Crippen molar-refractivity contribution in [2.24, 2.45) is 0 Å². The predicted molar refractivity (Wildman–Crippen MR) is 98.1 cm³/mol. The molecule has 0 saturated carbocycles. The minimum Gasteiger partial charge on any atom is -0.365 e. The molecule has 132 valence electrons. The van der Waals surface area contributed by atoms with Crippen molar-refractivity contribution in [3.05, 3.63) is 89.1 Å². The fraction of sp³-hybridized carbons (Fsp3) is 0.150. The number of aryl methyl sites for hydroxylation is 1. The first kappa shape index (κ1) is 17.5. The van der Waals surface area contributed by atoms with Crippen LogP contribution in [0.2, 0.25) is 0 Å². The summed E-state index contributed by atoms with van der Waals surface area (Å²) in [7, 11) is 0. The van der Waals surface area contributed by atoms with Crippen LogP contribution in [0.3, 0.4) is 0 Å². The normalized spacial score (nSPS) is 10.4. The van der Waals surface area contributed by atoms with Gasteiger partial charge in [0.05, 0.1) is 12.4 Å². The van der Waals surface area contributed by atoms with E-state index in [1.54, 1.807) is 12.1 Å². The number of carbonyl (C=O) groups excluding carboxylic acids is 1. The number of amides is 1. The maximum absolute atomic E-state index is 12.9. The minimum atomic E-state index is -0.274. The van der Waals surface area contributed by atoms with Crippen molar-refractivity contribution in [2.75, 3.05) is 5.32 Å². The summed E-state index contributed by atoms with van der Waals surface area (Å²) in [6, 6.07) is 14.2. The fourth-order valence-corrected chi connectivity index (χ4v) is 2.43. The number of halogens is 1. The van der Waals surface area contributed by atoms with Crippen molar-refractivity contribution in [3.8, 4) is 0 Å². The Morgan fingerprint density at radius 1 is 1.00 bits per heavy atom. The molecule has 3 rings (SSSR count). The van der Waals surface area contributed by atoms with Crippen LogP contribution in [-0.4, -0.2) is 15.9 Å². The van der Waals surface area contributed by atoms with E-state index in [9.17, 15) is 9.18 Å². The molecule has 0 radical (unpaired) electrons. The second-order valence-electron chi connectivity index (χ2n) is 5.94. The molecular weight excluding hydrogens is 331 g/mol. The number of hydrogen-bond acceptors (Lipinski definition) is 4. The predicted octanol–water partition coefficient (Wildman–Crippen LogP) is 3.47. The van der Waals surface area contributed by atoms with Gasteiger partial charge in [-0.1, -0.05) is 42.0 Å². The maximum atomic E-state index is 12.9. The quantitative estimate of drug-likeness (QED) is 0.714. The van der Waals surface area contributed by atoms with Crippen LogP contribution in [-0.2, 0) is 13.1 Å². The summed E-state index contributed by atoms with van der Waals surface area (Å²) in [5.41, 5.74) is 3.36. The van der Waals surface area contributed by atoms with Gasteiger partial charge in [-0.25, -0.2) is 14.4 Å². The Kier molecular flexibility index (Phi) is 5.53. The topological polar surface area (TPSA) is 66.9 Å². The Balaban J connectivity index is 1.53. The Morgan fingerprint density at radius 2 is 1.81 bits per heavy atom. The van der Waals surface area contributed by atoms with Crippen LogP contribution < -0.4 is 10.6 Å². The number of hydrogen-bond donors (Lipinski definition) is 2. The highest BCUT2D eigenvalue weighted by Crippen LogP contribution is 2.08. The van der Waals surface area contributed by atoms with Crippen LogP contribution in [0.1, 0.15) is 27.2 Å². The first-order valence-corrected chi connectivity index (χ1v) is 8.24. The minimum absolute atomic E-state index is 0.255. The third-order valence-corrected chi connectivity index (χ3v) is 3.81. The van der Waals surface area contributed by atoms with E-state index >= 15 is 0 Å². The zero-order valence-electron chi connectivity index (χ0n) is 14.4. The maximum Gasteiger partial charge on any atom is 0.271 e. The van der Waals surface area contributed by atoms with Crippen molar-refractivity contribution in [1.29, 1.82) is 0 Å². The summed E-state index contributed by atoms with van der Waals surface area (Å²) in [6.45, 7) is 2.94. The summed E-state index contributed by atoms with van der Waals surface area (Å²) in [6.07, 6.45) is 2.93. The van der Waals surface area contributed by atoms with Gasteiger partial charge in [-0.2, -0.15) is 0 Å². The van der Waals surface area contributed by atoms with Gasteiger partial charge in [-0.05, 0) is 30.2 Å². The largest absolute Gasteiger partial charge is 0.365 e. The lowest BCUT2D eigenvalue weighted by Gasteiger charge is -2.07. The molecule has 3 aromatic rings. The fourth-order valence-electron chi connectivity index (χ4n) is 2.43. The number of anilines is 1. The van der Waals surface area contributed by atoms with E-state index in [-0.39, 0.29) is 17.4 Å². The molecule has 0 atom stereocenters. The smallest absolute Gasteiger partial charge is 0.271 e. The molecule has 0 saturated heterocycles. The van der Waals surface area contributed by atoms with E-state index < -0.39 is 0 Å². The molecular formula is C20H19FN4O. The SMILES string of the molecule is Cc1cccc(CNC(=O)c2cnc(NCc3ccc(F)cc3)cn2)c1. The first-order chi connectivity index (χ1) is 12.6. The first-order valence-electron chi connectivity index (χ1n) is 8.24. The Hall–Kier alpha value is -3.28. The number of rotatable bonds is 6. The summed E-state index contributed by atoms with van der Waals surface area (Å²) in [4.78, 5) is 20.5. The third-order valence-electron chi connectivity index (χ3n) is 3.81. The molecule has 0 unspecified atom stereocenters. The van der Waals surface area contributed by atoms with Gasteiger partial charge in [0, 0.05) is 13.1 Å². The molecule has 1 heterocycles. The van der Waals surface area contributed by atoms with E-state index in [2.05, 4.69) is 20.6 Å². The lowest BCUT2D eigenvalue weighted by atomic mass is 10.1. The van der Waals surface area contributed by atoms with E-state index in [4.69, 9.17) is 0 Å². The van der Waals surface area contributed by atoms with Gasteiger partial charge >= 0.3 is 0 Å². The Labute approximate surface area is 151 Å². The van der Waals surface area contributed by atoms with Crippen molar-refractivity contribution in [3.63, 3.8) is 0 Å². The molecule has 0 aliphatic heterocycles. The number of carbonyl (C=O) groups is 1. The van der Waals surface area contributed by atoms with Crippen LogP contribution in [0.4, 0.5) is 10.2 Å². The average Bonchev–Trinajstić information content (AvgIpc) is 2.66. The van der Waals surface area contributed by atoms with Crippen LogP contribution in [0.25, 0.3) is 0 Å². The average molecular weight is 350 g/mol. The molecule has 0 fully saturated rings. The van der Waals surface area contributed by atoms with Gasteiger partial charge in [0.1, 0.15) is 17.3 Å². The highest BCUT2D eigenvalue weighted by atomic mass is 19.1. The molecule has 26 heavy (non-hydrogen) atoms. The van der Waals surface area contributed by atoms with Crippen molar-refractivity contribution >= 4 is 11.7 Å². The van der Waals surface area contributed by atoms with E-state index in [1.165, 1.54) is 24.5 Å². The van der Waals surface area contributed by atoms with E-state index in [0.29, 0.717) is 18.9 Å². The molecule has 0 aliphatic rings. The van der Waals surface area contributed by atoms with Crippen molar-refractivity contribution in [1.82, 2.24) is 15.3 Å². The highest BCUT2D eigenvalue weighted by Gasteiger charge is 2.08. The lowest BCUT2D eigenvalue weighted by Crippen LogP contribution is -2.24. The molecule has 1 amide bonds. The molecule has 0 spiro atoms. The van der Waals surface area contributed by atoms with Gasteiger partial charge in [0.15, 0.2) is 0 Å². The molecule has 5 nitrogen and oxygen atoms in total. The number of nitrogens with one attached hydrogen (secondary N) is 2. The van der Waals surface area contributed by atoms with Crippen molar-refractivity contribution in [2.45, 2.75) is 20.0 Å². The standard InChI is InChI=1S/C20H19FN4O/c1-14-3-2-4-16(9-14)11-25-20(26)18-12-24-19(13-22-18)23-10-15-5-7-17(21)8-6-15/h2-9,12-13H,10-11H2,1H3,(H,23,24)(H,25,26). The van der Waals surface area contributed by atoms with Crippen LogP contribution in [0.15, 0.2) is 60.9 Å². The van der Waals surface area contributed by atoms with Crippen LogP contribution >= 0.6 is 0 Å². The summed E-state index contributed by atoms with van der Waals surface area (Å²) >= 11 is 0. The molecule has 0 bridgehead atoms. The van der Waals surface area contributed by atoms with Gasteiger partial charge in [0.25, 0.3) is 5.91 Å². The lowest BCUT2D eigenvalue weighted by molar-refractivity contribution is 0.0945. The second kappa shape index (κ2) is 8.20. The van der Waals surface area contributed by atoms with E-state index in [1.807, 2.05) is 31.2 Å². The summed E-state index contributed by atoms with van der Waals surface area (Å²) < 4.78 is 12.9. The van der Waals surface area contributed by atoms with Crippen LogP contribution in [0.5, 0.6) is 0 Å². The Bertz CT molecular complexity index is 879.